The quantitative estimate of drug-likeness (QED) is 0.457. The molecule has 0 aliphatic heterocycles. The van der Waals surface area contributed by atoms with Crippen molar-refractivity contribution in [3.05, 3.63) is 29.8 Å². The maximum atomic E-state index is 5.26. The number of likely N-dealkylation sites (N-methyl/N-ethyl adjacent to an activating group) is 1. The molecular formula is C17H26N4. The summed E-state index contributed by atoms with van der Waals surface area (Å²) < 4.78 is 0. The first kappa shape index (κ1) is 16.9. The molecule has 0 radical (unpaired) electrons. The number of anilines is 1. The van der Waals surface area contributed by atoms with Crippen LogP contribution in [0.4, 0.5) is 5.69 Å². The van der Waals surface area contributed by atoms with Gasteiger partial charge in [-0.15, -0.1) is 6.42 Å². The number of nitrogens with one attached hydrogen (secondary N) is 2. The summed E-state index contributed by atoms with van der Waals surface area (Å²) in [5, 5.41) is 6.28. The lowest BCUT2D eigenvalue weighted by Crippen LogP contribution is -2.38. The Morgan fingerprint density at radius 2 is 2.05 bits per heavy atom. The number of rotatable bonds is 7. The van der Waals surface area contributed by atoms with Crippen LogP contribution in [0, 0.1) is 19.3 Å². The van der Waals surface area contributed by atoms with Crippen molar-refractivity contribution in [1.82, 2.24) is 10.6 Å². The van der Waals surface area contributed by atoms with E-state index in [2.05, 4.69) is 64.6 Å². The third-order valence-electron chi connectivity index (χ3n) is 3.18. The summed E-state index contributed by atoms with van der Waals surface area (Å²) in [4.78, 5) is 6.89. The van der Waals surface area contributed by atoms with Crippen LogP contribution >= 0.6 is 0 Å². The van der Waals surface area contributed by atoms with Crippen molar-refractivity contribution >= 4 is 11.6 Å². The topological polar surface area (TPSA) is 39.7 Å². The number of para-hydroxylation sites is 1. The smallest absolute Gasteiger partial charge is 0.192 e. The Balaban J connectivity index is 2.62. The molecule has 0 spiro atoms. The summed E-state index contributed by atoms with van der Waals surface area (Å²) in [5.74, 6) is 3.33. The Hall–Kier alpha value is -2.15. The van der Waals surface area contributed by atoms with Crippen LogP contribution in [0.3, 0.4) is 0 Å². The van der Waals surface area contributed by atoms with E-state index in [4.69, 9.17) is 6.42 Å². The molecule has 0 aliphatic carbocycles. The molecule has 0 bridgehead atoms. The van der Waals surface area contributed by atoms with Gasteiger partial charge in [-0.3, -0.25) is 4.99 Å². The molecule has 21 heavy (non-hydrogen) atoms. The second kappa shape index (κ2) is 9.71. The highest BCUT2D eigenvalue weighted by Crippen LogP contribution is 2.18. The lowest BCUT2D eigenvalue weighted by molar-refractivity contribution is 0.797. The van der Waals surface area contributed by atoms with Crippen molar-refractivity contribution in [1.29, 1.82) is 0 Å². The Labute approximate surface area is 128 Å². The van der Waals surface area contributed by atoms with Crippen molar-refractivity contribution < 1.29 is 0 Å². The first-order chi connectivity index (χ1) is 10.2. The summed E-state index contributed by atoms with van der Waals surface area (Å²) >= 11 is 0. The first-order valence-corrected chi connectivity index (χ1v) is 7.49. The van der Waals surface area contributed by atoms with Gasteiger partial charge in [-0.2, -0.15) is 0 Å². The minimum absolute atomic E-state index is 0.487. The third kappa shape index (κ3) is 5.78. The molecule has 0 aromatic heterocycles. The molecule has 0 fully saturated rings. The highest BCUT2D eigenvalue weighted by Gasteiger charge is 2.06. The molecule has 0 saturated heterocycles. The van der Waals surface area contributed by atoms with Crippen molar-refractivity contribution in [2.24, 2.45) is 4.99 Å². The maximum Gasteiger partial charge on any atom is 0.192 e. The van der Waals surface area contributed by atoms with Crippen molar-refractivity contribution in [2.75, 3.05) is 37.6 Å². The molecule has 0 unspecified atom stereocenters. The van der Waals surface area contributed by atoms with E-state index in [0.717, 1.165) is 32.1 Å². The molecule has 4 heteroatoms. The highest BCUT2D eigenvalue weighted by molar-refractivity contribution is 5.80. The predicted molar refractivity (Wildman–Crippen MR) is 91.9 cm³/mol. The number of hydrogen-bond donors (Lipinski definition) is 2. The van der Waals surface area contributed by atoms with Gasteiger partial charge in [-0.25, -0.2) is 0 Å². The lowest BCUT2D eigenvalue weighted by atomic mass is 10.2. The van der Waals surface area contributed by atoms with Crippen molar-refractivity contribution in [3.8, 4) is 12.3 Å². The zero-order valence-electron chi connectivity index (χ0n) is 13.3. The molecule has 0 saturated carbocycles. The Bertz CT molecular complexity index is 488. The summed E-state index contributed by atoms with van der Waals surface area (Å²) in [6, 6.07) is 8.44. The maximum absolute atomic E-state index is 5.26. The minimum Gasteiger partial charge on any atom is -0.370 e. The molecule has 1 rings (SSSR count). The van der Waals surface area contributed by atoms with Crippen LogP contribution in [-0.2, 0) is 0 Å². The van der Waals surface area contributed by atoms with E-state index >= 15 is 0 Å². The lowest BCUT2D eigenvalue weighted by Gasteiger charge is -2.24. The van der Waals surface area contributed by atoms with Gasteiger partial charge >= 0.3 is 0 Å². The van der Waals surface area contributed by atoms with E-state index in [0.29, 0.717) is 6.54 Å². The van der Waals surface area contributed by atoms with Gasteiger partial charge in [0.25, 0.3) is 0 Å². The van der Waals surface area contributed by atoms with E-state index in [1.807, 2.05) is 6.92 Å². The molecule has 0 amide bonds. The Morgan fingerprint density at radius 1 is 1.29 bits per heavy atom. The van der Waals surface area contributed by atoms with Crippen LogP contribution in [0.5, 0.6) is 0 Å². The monoisotopic (exact) mass is 286 g/mol. The van der Waals surface area contributed by atoms with Crippen LogP contribution in [0.15, 0.2) is 29.3 Å². The second-order valence-corrected chi connectivity index (χ2v) is 4.68. The van der Waals surface area contributed by atoms with Gasteiger partial charge in [-0.05, 0) is 32.4 Å². The van der Waals surface area contributed by atoms with E-state index in [9.17, 15) is 0 Å². The zero-order valence-corrected chi connectivity index (χ0v) is 13.3. The fourth-order valence-corrected chi connectivity index (χ4v) is 2.13. The number of aryl methyl sites for hydroxylation is 1. The molecule has 0 heterocycles. The molecule has 0 atom stereocenters. The normalized spacial score (nSPS) is 10.9. The number of nitrogens with zero attached hydrogens (tertiary/aromatic N) is 2. The molecule has 0 aliphatic rings. The summed E-state index contributed by atoms with van der Waals surface area (Å²) in [6.07, 6.45) is 5.26. The summed E-state index contributed by atoms with van der Waals surface area (Å²) in [5.41, 5.74) is 2.57. The number of guanidine groups is 1. The van der Waals surface area contributed by atoms with Crippen LogP contribution in [-0.4, -0.2) is 38.7 Å². The average Bonchev–Trinajstić information content (AvgIpc) is 2.50. The van der Waals surface area contributed by atoms with Gasteiger partial charge in [0.1, 0.15) is 0 Å². The fraction of sp³-hybridized carbons (Fsp3) is 0.471. The Kier molecular flexibility index (Phi) is 7.81. The van der Waals surface area contributed by atoms with Gasteiger partial charge in [0.05, 0.1) is 13.1 Å². The SMILES string of the molecule is C#CCNC(=NCCN(CC)c1ccccc1C)NCC. The van der Waals surface area contributed by atoms with E-state index in [1.165, 1.54) is 11.3 Å². The predicted octanol–water partition coefficient (Wildman–Crippen LogP) is 2.01. The Morgan fingerprint density at radius 3 is 2.67 bits per heavy atom. The standard InChI is InChI=1S/C17H26N4/c1-5-12-19-17(18-6-2)20-13-14-21(7-3)16-11-9-8-10-15(16)4/h1,8-11H,6-7,12-14H2,2-4H3,(H2,18,19,20). The van der Waals surface area contributed by atoms with Gasteiger partial charge in [0.2, 0.25) is 0 Å². The number of terminal acetylenes is 1. The number of benzene rings is 1. The summed E-state index contributed by atoms with van der Waals surface area (Å²) in [6.45, 7) is 10.2. The van der Waals surface area contributed by atoms with Gasteiger partial charge in [-0.1, -0.05) is 24.1 Å². The van der Waals surface area contributed by atoms with Crippen molar-refractivity contribution in [3.63, 3.8) is 0 Å². The molecular weight excluding hydrogens is 260 g/mol. The highest BCUT2D eigenvalue weighted by atomic mass is 15.2. The van der Waals surface area contributed by atoms with Crippen LogP contribution in [0.2, 0.25) is 0 Å². The molecule has 114 valence electrons. The van der Waals surface area contributed by atoms with E-state index < -0.39 is 0 Å². The van der Waals surface area contributed by atoms with Crippen molar-refractivity contribution in [2.45, 2.75) is 20.8 Å². The largest absolute Gasteiger partial charge is 0.370 e. The molecule has 2 N–H and O–H groups in total. The second-order valence-electron chi connectivity index (χ2n) is 4.68. The van der Waals surface area contributed by atoms with Gasteiger partial charge < -0.3 is 15.5 Å². The van der Waals surface area contributed by atoms with Crippen LogP contribution in [0.1, 0.15) is 19.4 Å². The molecule has 4 nitrogen and oxygen atoms in total. The van der Waals surface area contributed by atoms with Crippen LogP contribution in [0.25, 0.3) is 0 Å². The average molecular weight is 286 g/mol. The first-order valence-electron chi connectivity index (χ1n) is 7.49. The zero-order chi connectivity index (χ0) is 15.5. The van der Waals surface area contributed by atoms with E-state index in [1.54, 1.807) is 0 Å². The molecule has 1 aromatic rings. The number of hydrogen-bond acceptors (Lipinski definition) is 2. The molecule has 1 aromatic carbocycles. The van der Waals surface area contributed by atoms with Gasteiger partial charge in [0, 0.05) is 25.3 Å². The summed E-state index contributed by atoms with van der Waals surface area (Å²) in [7, 11) is 0. The fourth-order valence-electron chi connectivity index (χ4n) is 2.13. The van der Waals surface area contributed by atoms with Crippen LogP contribution < -0.4 is 15.5 Å². The van der Waals surface area contributed by atoms with E-state index in [-0.39, 0.29) is 0 Å². The number of aliphatic imine (C=N–C) groups is 1. The van der Waals surface area contributed by atoms with Gasteiger partial charge in [0.15, 0.2) is 5.96 Å². The minimum atomic E-state index is 0.487. The third-order valence-corrected chi connectivity index (χ3v) is 3.18.